The first-order chi connectivity index (χ1) is 15.0. The second-order valence-corrected chi connectivity index (χ2v) is 9.10. The third kappa shape index (κ3) is 4.63. The van der Waals surface area contributed by atoms with Crippen LogP contribution in [0.4, 0.5) is 0 Å². The predicted octanol–water partition coefficient (Wildman–Crippen LogP) is 5.11. The van der Waals surface area contributed by atoms with Gasteiger partial charge in [0.2, 0.25) is 5.78 Å². The summed E-state index contributed by atoms with van der Waals surface area (Å²) in [6.45, 7) is 7.11. The highest BCUT2D eigenvalue weighted by molar-refractivity contribution is 7.98. The Bertz CT molecular complexity index is 1280. The van der Waals surface area contributed by atoms with E-state index < -0.39 is 0 Å². The molecule has 0 spiro atoms. The van der Waals surface area contributed by atoms with Crippen LogP contribution >= 0.6 is 23.4 Å². The number of halogens is 1. The molecule has 0 atom stereocenters. The largest absolute Gasteiger partial charge is 0.379 e. The van der Waals surface area contributed by atoms with Crippen molar-refractivity contribution in [3.8, 4) is 0 Å². The minimum Gasteiger partial charge on any atom is -0.379 e. The van der Waals surface area contributed by atoms with E-state index in [0.717, 1.165) is 33.2 Å². The lowest BCUT2D eigenvalue weighted by molar-refractivity contribution is 0.0748. The van der Waals surface area contributed by atoms with Gasteiger partial charge in [0.15, 0.2) is 5.16 Å². The number of benzene rings is 2. The maximum atomic E-state index is 13.3. The molecule has 0 fully saturated rings. The van der Waals surface area contributed by atoms with Gasteiger partial charge in [0.1, 0.15) is 0 Å². The summed E-state index contributed by atoms with van der Waals surface area (Å²) in [4.78, 5) is 13.3. The lowest BCUT2D eigenvalue weighted by atomic mass is 10.1. The Labute approximate surface area is 190 Å². The molecule has 0 aliphatic heterocycles. The van der Waals surface area contributed by atoms with Gasteiger partial charge >= 0.3 is 0 Å². The van der Waals surface area contributed by atoms with Crippen molar-refractivity contribution < 1.29 is 4.74 Å². The van der Waals surface area contributed by atoms with Crippen LogP contribution in [0.2, 0.25) is 5.02 Å². The lowest BCUT2D eigenvalue weighted by Crippen LogP contribution is -2.24. The van der Waals surface area contributed by atoms with E-state index in [1.165, 1.54) is 0 Å². The maximum Gasteiger partial charge on any atom is 0.262 e. The molecule has 4 aromatic rings. The van der Waals surface area contributed by atoms with Crippen LogP contribution in [-0.2, 0) is 17.0 Å². The predicted molar refractivity (Wildman–Crippen MR) is 126 cm³/mol. The minimum absolute atomic E-state index is 0.0502. The number of nitrogens with zero attached hydrogens (tertiary/aromatic N) is 4. The Morgan fingerprint density at radius 1 is 1.16 bits per heavy atom. The Morgan fingerprint density at radius 3 is 2.74 bits per heavy atom. The van der Waals surface area contributed by atoms with E-state index in [1.807, 2.05) is 67.6 Å². The molecule has 0 aliphatic carbocycles. The van der Waals surface area contributed by atoms with Gasteiger partial charge in [-0.15, -0.1) is 10.2 Å². The summed E-state index contributed by atoms with van der Waals surface area (Å²) in [5.41, 5.74) is 2.83. The smallest absolute Gasteiger partial charge is 0.262 e. The van der Waals surface area contributed by atoms with Gasteiger partial charge in [0.05, 0.1) is 17.0 Å². The summed E-state index contributed by atoms with van der Waals surface area (Å²) in [7, 11) is 0. The van der Waals surface area contributed by atoms with Crippen molar-refractivity contribution >= 4 is 40.0 Å². The minimum atomic E-state index is -0.0502. The quantitative estimate of drug-likeness (QED) is 0.272. The molecule has 162 valence electrons. The normalized spacial score (nSPS) is 11.8. The number of rotatable bonds is 8. The van der Waals surface area contributed by atoms with E-state index in [-0.39, 0.29) is 11.7 Å². The van der Waals surface area contributed by atoms with E-state index in [4.69, 9.17) is 16.3 Å². The highest BCUT2D eigenvalue weighted by atomic mass is 35.5. The van der Waals surface area contributed by atoms with Crippen LogP contribution in [-0.4, -0.2) is 31.9 Å². The fraction of sp³-hybridized carbons (Fsp3) is 0.348. The summed E-state index contributed by atoms with van der Waals surface area (Å²) >= 11 is 7.88. The van der Waals surface area contributed by atoms with Gasteiger partial charge in [-0.05, 0) is 51.0 Å². The van der Waals surface area contributed by atoms with Crippen molar-refractivity contribution in [3.63, 3.8) is 0 Å². The van der Waals surface area contributed by atoms with Crippen LogP contribution < -0.4 is 5.56 Å². The number of ether oxygens (including phenoxy) is 1. The molecule has 0 saturated heterocycles. The zero-order chi connectivity index (χ0) is 22.0. The van der Waals surface area contributed by atoms with Crippen LogP contribution in [0.3, 0.4) is 0 Å². The van der Waals surface area contributed by atoms with Crippen LogP contribution in [0.5, 0.6) is 0 Å². The monoisotopic (exact) mass is 456 g/mol. The van der Waals surface area contributed by atoms with Crippen molar-refractivity contribution in [1.29, 1.82) is 0 Å². The first kappa shape index (κ1) is 21.9. The van der Waals surface area contributed by atoms with Gasteiger partial charge in [-0.3, -0.25) is 13.8 Å². The average molecular weight is 457 g/mol. The lowest BCUT2D eigenvalue weighted by Gasteiger charge is -2.13. The molecule has 8 heteroatoms. The Kier molecular flexibility index (Phi) is 6.65. The molecule has 2 heterocycles. The third-order valence-electron chi connectivity index (χ3n) is 5.02. The Hall–Kier alpha value is -2.35. The van der Waals surface area contributed by atoms with Gasteiger partial charge in [-0.2, -0.15) is 0 Å². The summed E-state index contributed by atoms with van der Waals surface area (Å²) in [6, 6.07) is 13.7. The molecule has 2 aromatic carbocycles. The molecule has 0 amide bonds. The first-order valence-electron chi connectivity index (χ1n) is 10.3. The van der Waals surface area contributed by atoms with E-state index in [0.29, 0.717) is 30.1 Å². The molecule has 0 aliphatic rings. The van der Waals surface area contributed by atoms with E-state index >= 15 is 0 Å². The van der Waals surface area contributed by atoms with Gasteiger partial charge in [0.25, 0.3) is 5.56 Å². The van der Waals surface area contributed by atoms with Crippen molar-refractivity contribution in [2.24, 2.45) is 0 Å². The fourth-order valence-corrected chi connectivity index (χ4v) is 4.72. The number of aryl methyl sites for hydroxylation is 2. The Balaban J connectivity index is 1.76. The van der Waals surface area contributed by atoms with Crippen molar-refractivity contribution in [1.82, 2.24) is 19.2 Å². The second-order valence-electron chi connectivity index (χ2n) is 7.75. The van der Waals surface area contributed by atoms with Crippen LogP contribution in [0.1, 0.15) is 31.4 Å². The van der Waals surface area contributed by atoms with Gasteiger partial charge in [0, 0.05) is 23.9 Å². The summed E-state index contributed by atoms with van der Waals surface area (Å²) in [6.07, 6.45) is 0.886. The topological polar surface area (TPSA) is 61.4 Å². The second kappa shape index (κ2) is 9.42. The molecule has 6 nitrogen and oxygen atoms in total. The van der Waals surface area contributed by atoms with Crippen molar-refractivity contribution in [2.45, 2.75) is 50.8 Å². The molecule has 0 bridgehead atoms. The molecule has 0 N–H and O–H groups in total. The molecule has 31 heavy (non-hydrogen) atoms. The average Bonchev–Trinajstić information content (AvgIpc) is 3.16. The van der Waals surface area contributed by atoms with Crippen molar-refractivity contribution in [3.05, 3.63) is 69.0 Å². The van der Waals surface area contributed by atoms with E-state index in [1.54, 1.807) is 16.3 Å². The van der Waals surface area contributed by atoms with E-state index in [9.17, 15) is 4.79 Å². The summed E-state index contributed by atoms with van der Waals surface area (Å²) < 4.78 is 9.33. The molecular weight excluding hydrogens is 432 g/mol. The van der Waals surface area contributed by atoms with Gasteiger partial charge in [-0.25, -0.2) is 0 Å². The molecular formula is C23H25ClN4O2S. The zero-order valence-electron chi connectivity index (χ0n) is 17.8. The molecule has 4 rings (SSSR count). The number of aromatic nitrogens is 4. The first-order valence-corrected chi connectivity index (χ1v) is 11.7. The fourth-order valence-electron chi connectivity index (χ4n) is 3.49. The van der Waals surface area contributed by atoms with Gasteiger partial charge in [-0.1, -0.05) is 53.2 Å². The molecule has 0 unspecified atom stereocenters. The number of thioether (sulfide) groups is 1. The molecule has 0 saturated carbocycles. The highest BCUT2D eigenvalue weighted by Gasteiger charge is 2.17. The molecule has 2 aromatic heterocycles. The zero-order valence-corrected chi connectivity index (χ0v) is 19.4. The standard InChI is InChI=1S/C23H25ClN4O2S/c1-15(2)30-12-6-11-27-21(29)18-13-16(3)9-10-20(18)28-22(27)25-26-23(28)31-14-17-7-4-5-8-19(17)24/h4-5,7-10,13,15H,6,11-12,14H2,1-3H3. The highest BCUT2D eigenvalue weighted by Crippen LogP contribution is 2.27. The van der Waals surface area contributed by atoms with Crippen LogP contribution in [0.15, 0.2) is 52.4 Å². The van der Waals surface area contributed by atoms with Crippen LogP contribution in [0.25, 0.3) is 16.7 Å². The molecule has 0 radical (unpaired) electrons. The van der Waals surface area contributed by atoms with E-state index in [2.05, 4.69) is 10.2 Å². The number of hydrogen-bond donors (Lipinski definition) is 0. The summed E-state index contributed by atoms with van der Waals surface area (Å²) in [5, 5.41) is 10.9. The van der Waals surface area contributed by atoms with Crippen LogP contribution in [0, 0.1) is 6.92 Å². The third-order valence-corrected chi connectivity index (χ3v) is 6.36. The van der Waals surface area contributed by atoms with Gasteiger partial charge < -0.3 is 4.74 Å². The van der Waals surface area contributed by atoms with Crippen molar-refractivity contribution in [2.75, 3.05) is 6.61 Å². The Morgan fingerprint density at radius 2 is 1.97 bits per heavy atom. The maximum absolute atomic E-state index is 13.3. The SMILES string of the molecule is Cc1ccc2c(c1)c(=O)n(CCCOC(C)C)c1nnc(SCc3ccccc3Cl)n21. The summed E-state index contributed by atoms with van der Waals surface area (Å²) in [5.74, 6) is 1.21. The number of hydrogen-bond acceptors (Lipinski definition) is 5. The number of fused-ring (bicyclic) bond motifs is 3.